The number of carbonyl (C=O) groups excluding carboxylic acids is 1. The molecule has 0 aliphatic heterocycles. The summed E-state index contributed by atoms with van der Waals surface area (Å²) in [6.07, 6.45) is 2.02. The predicted octanol–water partition coefficient (Wildman–Crippen LogP) is 5.98. The van der Waals surface area contributed by atoms with Crippen molar-refractivity contribution in [3.05, 3.63) is 0 Å². The van der Waals surface area contributed by atoms with Gasteiger partial charge in [0.25, 0.3) is 0 Å². The average molecular weight is 397 g/mol. The molecule has 3 N–H and O–H groups in total. The van der Waals surface area contributed by atoms with Crippen LogP contribution < -0.4 is 11.1 Å². The molecule has 3 heteroatoms. The summed E-state index contributed by atoms with van der Waals surface area (Å²) in [5.74, 6) is 4.28. The summed E-state index contributed by atoms with van der Waals surface area (Å²) < 4.78 is 0. The molecule has 3 nitrogen and oxygen atoms in total. The lowest BCUT2D eigenvalue weighted by Gasteiger charge is -2.48. The van der Waals surface area contributed by atoms with Gasteiger partial charge in [0.05, 0.1) is 5.41 Å². The number of amides is 1. The van der Waals surface area contributed by atoms with Crippen molar-refractivity contribution in [2.45, 2.75) is 89.0 Å². The third kappa shape index (κ3) is 6.47. The Balaban J connectivity index is 5.86. The van der Waals surface area contributed by atoms with E-state index in [9.17, 15) is 4.79 Å². The second kappa shape index (κ2) is 12.2. The number of carbonyl (C=O) groups is 1. The van der Waals surface area contributed by atoms with Crippen molar-refractivity contribution >= 4 is 5.91 Å². The standard InChI is InChI=1S/C25H52N2O/c1-12-17(4)19(6)21(8)23(10)25(11,24(28)27-15-13-14-26)22(9)20(7)18(5)16(2)3/h16-23H,12-15,26H2,1-11H3,(H,27,28). The summed E-state index contributed by atoms with van der Waals surface area (Å²) in [7, 11) is 0. The van der Waals surface area contributed by atoms with Crippen LogP contribution >= 0.6 is 0 Å². The molecule has 0 spiro atoms. The third-order valence-corrected chi connectivity index (χ3v) is 8.88. The predicted molar refractivity (Wildman–Crippen MR) is 124 cm³/mol. The number of rotatable bonds is 13. The second-order valence-electron chi connectivity index (χ2n) is 10.3. The van der Waals surface area contributed by atoms with Gasteiger partial charge in [-0.15, -0.1) is 0 Å². The highest BCUT2D eigenvalue weighted by molar-refractivity contribution is 5.83. The topological polar surface area (TPSA) is 55.1 Å². The summed E-state index contributed by atoms with van der Waals surface area (Å²) in [4.78, 5) is 13.5. The van der Waals surface area contributed by atoms with E-state index in [-0.39, 0.29) is 5.91 Å². The van der Waals surface area contributed by atoms with E-state index in [1.54, 1.807) is 0 Å². The fourth-order valence-electron chi connectivity index (χ4n) is 4.82. The number of nitrogens with two attached hydrogens (primary N) is 1. The maximum Gasteiger partial charge on any atom is 0.226 e. The first kappa shape index (κ1) is 27.4. The van der Waals surface area contributed by atoms with E-state index < -0.39 is 5.41 Å². The van der Waals surface area contributed by atoms with Crippen molar-refractivity contribution in [3.63, 3.8) is 0 Å². The highest BCUT2D eigenvalue weighted by atomic mass is 16.2. The molecular formula is C25H52N2O. The van der Waals surface area contributed by atoms with Crippen LogP contribution in [0.15, 0.2) is 0 Å². The quantitative estimate of drug-likeness (QED) is 0.376. The Labute approximate surface area is 177 Å². The maximum atomic E-state index is 13.5. The van der Waals surface area contributed by atoms with E-state index in [2.05, 4.69) is 81.5 Å². The van der Waals surface area contributed by atoms with Crippen LogP contribution in [0.5, 0.6) is 0 Å². The molecule has 8 unspecified atom stereocenters. The molecule has 168 valence electrons. The highest BCUT2D eigenvalue weighted by Crippen LogP contribution is 2.48. The molecule has 0 aromatic rings. The Bertz CT molecular complexity index is 450. The van der Waals surface area contributed by atoms with Gasteiger partial charge in [-0.2, -0.15) is 0 Å². The van der Waals surface area contributed by atoms with E-state index in [1.165, 1.54) is 6.42 Å². The molecule has 0 bridgehead atoms. The van der Waals surface area contributed by atoms with Gasteiger partial charge in [-0.1, -0.05) is 82.6 Å². The van der Waals surface area contributed by atoms with Crippen LogP contribution in [0.1, 0.15) is 89.0 Å². The zero-order valence-corrected chi connectivity index (χ0v) is 20.9. The summed E-state index contributed by atoms with van der Waals surface area (Å²) in [5, 5.41) is 3.23. The second-order valence-corrected chi connectivity index (χ2v) is 10.3. The van der Waals surface area contributed by atoms with E-state index in [4.69, 9.17) is 5.73 Å². The van der Waals surface area contributed by atoms with Crippen LogP contribution in [0.3, 0.4) is 0 Å². The molecule has 0 heterocycles. The molecule has 0 aliphatic rings. The van der Waals surface area contributed by atoms with Crippen LogP contribution in [0, 0.1) is 52.8 Å². The first-order valence-electron chi connectivity index (χ1n) is 11.9. The fourth-order valence-corrected chi connectivity index (χ4v) is 4.82. The van der Waals surface area contributed by atoms with E-state index >= 15 is 0 Å². The minimum absolute atomic E-state index is 0.215. The fraction of sp³-hybridized carbons (Fsp3) is 0.960. The van der Waals surface area contributed by atoms with E-state index in [0.717, 1.165) is 6.42 Å². The molecule has 0 saturated carbocycles. The smallest absolute Gasteiger partial charge is 0.226 e. The van der Waals surface area contributed by atoms with E-state index in [1.807, 2.05) is 0 Å². The molecule has 0 aromatic carbocycles. The maximum absolute atomic E-state index is 13.5. The Kier molecular flexibility index (Phi) is 12.0. The van der Waals surface area contributed by atoms with Gasteiger partial charge in [0, 0.05) is 6.54 Å². The third-order valence-electron chi connectivity index (χ3n) is 8.88. The zero-order valence-electron chi connectivity index (χ0n) is 20.9. The first-order valence-corrected chi connectivity index (χ1v) is 11.9. The van der Waals surface area contributed by atoms with Crippen molar-refractivity contribution < 1.29 is 4.79 Å². The summed E-state index contributed by atoms with van der Waals surface area (Å²) in [5.41, 5.74) is 5.26. The monoisotopic (exact) mass is 396 g/mol. The number of hydrogen-bond donors (Lipinski definition) is 2. The molecule has 8 atom stereocenters. The van der Waals surface area contributed by atoms with Crippen LogP contribution in [0.4, 0.5) is 0 Å². The molecule has 0 radical (unpaired) electrons. The molecule has 0 aliphatic carbocycles. The Morgan fingerprint density at radius 3 is 1.71 bits per heavy atom. The number of hydrogen-bond acceptors (Lipinski definition) is 2. The average Bonchev–Trinajstić information content (AvgIpc) is 2.68. The lowest BCUT2D eigenvalue weighted by atomic mass is 9.57. The number of nitrogens with one attached hydrogen (secondary N) is 1. The molecule has 0 aromatic heterocycles. The zero-order chi connectivity index (χ0) is 22.2. The van der Waals surface area contributed by atoms with Crippen LogP contribution in [0.25, 0.3) is 0 Å². The lowest BCUT2D eigenvalue weighted by molar-refractivity contribution is -0.141. The van der Waals surface area contributed by atoms with Gasteiger partial charge in [0.1, 0.15) is 0 Å². The minimum atomic E-state index is -0.391. The molecule has 0 saturated heterocycles. The van der Waals surface area contributed by atoms with Gasteiger partial charge < -0.3 is 11.1 Å². The van der Waals surface area contributed by atoms with Crippen molar-refractivity contribution in [1.29, 1.82) is 0 Å². The van der Waals surface area contributed by atoms with Gasteiger partial charge in [-0.3, -0.25) is 4.79 Å². The Morgan fingerprint density at radius 2 is 1.32 bits per heavy atom. The molecule has 28 heavy (non-hydrogen) atoms. The van der Waals surface area contributed by atoms with Crippen LogP contribution in [0.2, 0.25) is 0 Å². The minimum Gasteiger partial charge on any atom is -0.356 e. The van der Waals surface area contributed by atoms with Gasteiger partial charge in [-0.25, -0.2) is 0 Å². The molecular weight excluding hydrogens is 344 g/mol. The molecule has 1 amide bonds. The lowest BCUT2D eigenvalue weighted by Crippen LogP contribution is -2.52. The van der Waals surface area contributed by atoms with E-state index in [0.29, 0.717) is 60.4 Å². The Morgan fingerprint density at radius 1 is 0.857 bits per heavy atom. The van der Waals surface area contributed by atoms with Crippen molar-refractivity contribution in [2.24, 2.45) is 58.5 Å². The van der Waals surface area contributed by atoms with Crippen molar-refractivity contribution in [2.75, 3.05) is 13.1 Å². The molecule has 0 rings (SSSR count). The van der Waals surface area contributed by atoms with Gasteiger partial charge >= 0.3 is 0 Å². The summed E-state index contributed by atoms with van der Waals surface area (Å²) in [6.45, 7) is 26.8. The van der Waals surface area contributed by atoms with Crippen molar-refractivity contribution in [3.8, 4) is 0 Å². The Hall–Kier alpha value is -0.570. The highest BCUT2D eigenvalue weighted by Gasteiger charge is 2.48. The normalized spacial score (nSPS) is 21.9. The van der Waals surface area contributed by atoms with Gasteiger partial charge in [0.15, 0.2) is 0 Å². The van der Waals surface area contributed by atoms with Crippen LogP contribution in [-0.4, -0.2) is 19.0 Å². The summed E-state index contributed by atoms with van der Waals surface area (Å²) >= 11 is 0. The van der Waals surface area contributed by atoms with Crippen LogP contribution in [-0.2, 0) is 4.79 Å². The molecule has 0 fully saturated rings. The SMILES string of the molecule is CCC(C)C(C)C(C)C(C)C(C)(C(=O)NCCCN)C(C)C(C)C(C)C(C)C. The van der Waals surface area contributed by atoms with Gasteiger partial charge in [0.2, 0.25) is 5.91 Å². The first-order chi connectivity index (χ1) is 12.9. The summed E-state index contributed by atoms with van der Waals surface area (Å²) in [6, 6.07) is 0. The van der Waals surface area contributed by atoms with Crippen molar-refractivity contribution in [1.82, 2.24) is 5.32 Å². The van der Waals surface area contributed by atoms with Gasteiger partial charge in [-0.05, 0) is 60.3 Å². The largest absolute Gasteiger partial charge is 0.356 e.